The Morgan fingerprint density at radius 2 is 2.05 bits per heavy atom. The van der Waals surface area contributed by atoms with E-state index in [0.717, 1.165) is 5.56 Å². The van der Waals surface area contributed by atoms with E-state index in [4.69, 9.17) is 5.11 Å². The number of carbonyl (C=O) groups is 2. The van der Waals surface area contributed by atoms with Crippen molar-refractivity contribution in [2.75, 3.05) is 11.9 Å². The van der Waals surface area contributed by atoms with Crippen LogP contribution >= 0.6 is 15.9 Å². The molecule has 0 unspecified atom stereocenters. The highest BCUT2D eigenvalue weighted by atomic mass is 79.9. The number of aliphatic hydroxyl groups is 1. The fourth-order valence-corrected chi connectivity index (χ4v) is 2.02. The number of hydrogen-bond acceptors (Lipinski definition) is 3. The first-order chi connectivity index (χ1) is 8.97. The maximum absolute atomic E-state index is 11.7. The van der Waals surface area contributed by atoms with Gasteiger partial charge in [0, 0.05) is 4.47 Å². The molecule has 2 amide bonds. The highest BCUT2D eigenvalue weighted by molar-refractivity contribution is 9.10. The zero-order valence-corrected chi connectivity index (χ0v) is 12.5. The van der Waals surface area contributed by atoms with Crippen molar-refractivity contribution in [1.82, 2.24) is 5.32 Å². The van der Waals surface area contributed by atoms with Gasteiger partial charge in [-0.3, -0.25) is 9.59 Å². The molecule has 0 saturated heterocycles. The van der Waals surface area contributed by atoms with Gasteiger partial charge in [-0.15, -0.1) is 0 Å². The highest BCUT2D eigenvalue weighted by Crippen LogP contribution is 2.23. The summed E-state index contributed by atoms with van der Waals surface area (Å²) < 4.78 is 0.711. The number of rotatable bonds is 4. The second-order valence-electron chi connectivity index (χ2n) is 4.20. The van der Waals surface area contributed by atoms with Crippen LogP contribution in [0.25, 0.3) is 0 Å². The van der Waals surface area contributed by atoms with E-state index in [-0.39, 0.29) is 6.61 Å². The summed E-state index contributed by atoms with van der Waals surface area (Å²) in [5, 5.41) is 13.9. The first-order valence-corrected chi connectivity index (χ1v) is 6.76. The van der Waals surface area contributed by atoms with Crippen LogP contribution < -0.4 is 10.6 Å². The van der Waals surface area contributed by atoms with Gasteiger partial charge >= 0.3 is 11.8 Å². The number of benzene rings is 1. The lowest BCUT2D eigenvalue weighted by atomic mass is 10.2. The van der Waals surface area contributed by atoms with Crippen LogP contribution in [0.15, 0.2) is 22.7 Å². The Labute approximate surface area is 120 Å². The van der Waals surface area contributed by atoms with Crippen molar-refractivity contribution < 1.29 is 14.7 Å². The number of hydrogen-bond donors (Lipinski definition) is 3. The molecule has 1 rings (SSSR count). The van der Waals surface area contributed by atoms with Crippen LogP contribution in [0.4, 0.5) is 5.69 Å². The highest BCUT2D eigenvalue weighted by Gasteiger charge is 2.17. The molecule has 0 heterocycles. The van der Waals surface area contributed by atoms with E-state index in [1.807, 2.05) is 26.0 Å². The van der Waals surface area contributed by atoms with Gasteiger partial charge in [-0.2, -0.15) is 0 Å². The van der Waals surface area contributed by atoms with Crippen molar-refractivity contribution in [3.05, 3.63) is 28.2 Å². The minimum absolute atomic E-state index is 0.191. The molecule has 1 aromatic carbocycles. The number of aryl methyl sites for hydroxylation is 1. The molecule has 0 saturated carbocycles. The van der Waals surface area contributed by atoms with Gasteiger partial charge in [0.2, 0.25) is 0 Å². The number of aliphatic hydroxyl groups excluding tert-OH is 1. The third kappa shape index (κ3) is 4.65. The lowest BCUT2D eigenvalue weighted by Gasteiger charge is -2.14. The predicted octanol–water partition coefficient (Wildman–Crippen LogP) is 1.58. The SMILES string of the molecule is CC[C@@H](CO)NC(=O)C(=O)Nc1ccc(C)cc1Br. The standard InChI is InChI=1S/C13H17BrN2O3/c1-3-9(7-17)15-12(18)13(19)16-11-5-4-8(2)6-10(11)14/h4-6,9,17H,3,7H2,1-2H3,(H,15,18)(H,16,19)/t9-/m0/s1. The van der Waals surface area contributed by atoms with Gasteiger partial charge in [-0.25, -0.2) is 0 Å². The summed E-state index contributed by atoms with van der Waals surface area (Å²) in [6.07, 6.45) is 0.559. The monoisotopic (exact) mass is 328 g/mol. The smallest absolute Gasteiger partial charge is 0.313 e. The van der Waals surface area contributed by atoms with Crippen molar-refractivity contribution in [2.24, 2.45) is 0 Å². The molecular weight excluding hydrogens is 312 g/mol. The van der Waals surface area contributed by atoms with E-state index >= 15 is 0 Å². The number of anilines is 1. The lowest BCUT2D eigenvalue weighted by molar-refractivity contribution is -0.136. The molecule has 19 heavy (non-hydrogen) atoms. The van der Waals surface area contributed by atoms with Crippen molar-refractivity contribution in [2.45, 2.75) is 26.3 Å². The van der Waals surface area contributed by atoms with Gasteiger partial charge in [0.1, 0.15) is 0 Å². The third-order valence-corrected chi connectivity index (χ3v) is 3.28. The fourth-order valence-electron chi connectivity index (χ4n) is 1.43. The van der Waals surface area contributed by atoms with Crippen LogP contribution in [0.2, 0.25) is 0 Å². The molecule has 1 atom stereocenters. The molecule has 104 valence electrons. The van der Waals surface area contributed by atoms with E-state index in [1.54, 1.807) is 6.07 Å². The molecule has 0 spiro atoms. The van der Waals surface area contributed by atoms with Crippen LogP contribution in [0, 0.1) is 6.92 Å². The van der Waals surface area contributed by atoms with E-state index in [2.05, 4.69) is 26.6 Å². The van der Waals surface area contributed by atoms with Gasteiger partial charge in [0.05, 0.1) is 18.3 Å². The van der Waals surface area contributed by atoms with Crippen LogP contribution in [0.3, 0.4) is 0 Å². The van der Waals surface area contributed by atoms with Gasteiger partial charge in [-0.05, 0) is 47.0 Å². The molecule has 0 radical (unpaired) electrons. The number of carbonyl (C=O) groups excluding carboxylic acids is 2. The minimum atomic E-state index is -0.756. The average molecular weight is 329 g/mol. The summed E-state index contributed by atoms with van der Waals surface area (Å²) in [7, 11) is 0. The van der Waals surface area contributed by atoms with Gasteiger partial charge < -0.3 is 15.7 Å². The molecule has 3 N–H and O–H groups in total. The average Bonchev–Trinajstić information content (AvgIpc) is 2.38. The molecule has 5 nitrogen and oxygen atoms in total. The molecule has 0 aliphatic rings. The predicted molar refractivity (Wildman–Crippen MR) is 76.8 cm³/mol. The van der Waals surface area contributed by atoms with E-state index < -0.39 is 17.9 Å². The summed E-state index contributed by atoms with van der Waals surface area (Å²) in [6.45, 7) is 3.55. The maximum Gasteiger partial charge on any atom is 0.313 e. The zero-order chi connectivity index (χ0) is 14.4. The first-order valence-electron chi connectivity index (χ1n) is 5.96. The molecule has 0 aliphatic heterocycles. The fraction of sp³-hybridized carbons (Fsp3) is 0.385. The number of nitrogens with one attached hydrogen (secondary N) is 2. The molecule has 0 aromatic heterocycles. The van der Waals surface area contributed by atoms with Gasteiger partial charge in [0.15, 0.2) is 0 Å². The molecule has 6 heteroatoms. The summed E-state index contributed by atoms with van der Waals surface area (Å²) in [5.41, 5.74) is 1.57. The van der Waals surface area contributed by atoms with E-state index in [1.165, 1.54) is 0 Å². The largest absolute Gasteiger partial charge is 0.394 e. The van der Waals surface area contributed by atoms with Crippen molar-refractivity contribution in [3.8, 4) is 0 Å². The Kier molecular flexibility index (Phi) is 5.98. The van der Waals surface area contributed by atoms with E-state index in [9.17, 15) is 9.59 Å². The Hall–Kier alpha value is -1.40. The van der Waals surface area contributed by atoms with Crippen LogP contribution in [-0.2, 0) is 9.59 Å². The Morgan fingerprint density at radius 3 is 2.58 bits per heavy atom. The Balaban J connectivity index is 2.66. The van der Waals surface area contributed by atoms with Crippen molar-refractivity contribution in [1.29, 1.82) is 0 Å². The first kappa shape index (κ1) is 15.7. The van der Waals surface area contributed by atoms with Crippen LogP contribution in [-0.4, -0.2) is 29.6 Å². The quantitative estimate of drug-likeness (QED) is 0.734. The maximum atomic E-state index is 11.7. The molecule has 1 aromatic rings. The normalized spacial score (nSPS) is 11.8. The van der Waals surface area contributed by atoms with Gasteiger partial charge in [-0.1, -0.05) is 13.0 Å². The van der Waals surface area contributed by atoms with Crippen molar-refractivity contribution in [3.63, 3.8) is 0 Å². The topological polar surface area (TPSA) is 78.4 Å². The third-order valence-electron chi connectivity index (χ3n) is 2.63. The molecular formula is C13H17BrN2O3. The molecule has 0 aliphatic carbocycles. The Morgan fingerprint density at radius 1 is 1.37 bits per heavy atom. The molecule has 0 bridgehead atoms. The summed E-state index contributed by atoms with van der Waals surface area (Å²) in [6, 6.07) is 4.99. The Bertz CT molecular complexity index is 473. The minimum Gasteiger partial charge on any atom is -0.394 e. The molecule has 0 fully saturated rings. The van der Waals surface area contributed by atoms with Crippen LogP contribution in [0.1, 0.15) is 18.9 Å². The van der Waals surface area contributed by atoms with Crippen LogP contribution in [0.5, 0.6) is 0 Å². The summed E-state index contributed by atoms with van der Waals surface area (Å²) in [4.78, 5) is 23.3. The lowest BCUT2D eigenvalue weighted by Crippen LogP contribution is -2.43. The number of halogens is 1. The summed E-state index contributed by atoms with van der Waals surface area (Å²) >= 11 is 3.32. The van der Waals surface area contributed by atoms with E-state index in [0.29, 0.717) is 16.6 Å². The van der Waals surface area contributed by atoms with Gasteiger partial charge in [0.25, 0.3) is 0 Å². The van der Waals surface area contributed by atoms with Crippen molar-refractivity contribution >= 4 is 33.4 Å². The second-order valence-corrected chi connectivity index (χ2v) is 5.05. The zero-order valence-electron chi connectivity index (χ0n) is 10.9. The number of amides is 2. The summed E-state index contributed by atoms with van der Waals surface area (Å²) in [5.74, 6) is -1.51. The second kappa shape index (κ2) is 7.25.